The highest BCUT2D eigenvalue weighted by atomic mass is 19.3. The average Bonchev–Trinajstić information content (AvgIpc) is 2.59. The zero-order chi connectivity index (χ0) is 11.0. The van der Waals surface area contributed by atoms with Gasteiger partial charge in [0.15, 0.2) is 0 Å². The van der Waals surface area contributed by atoms with Crippen LogP contribution in [-0.2, 0) is 0 Å². The molecular formula is C12H13F2N. The molecule has 80 valence electrons. The van der Waals surface area contributed by atoms with Gasteiger partial charge in [0.2, 0.25) is 0 Å². The topological polar surface area (TPSA) is 4.93 Å². The van der Waals surface area contributed by atoms with Crippen molar-refractivity contribution in [3.8, 4) is 0 Å². The monoisotopic (exact) mass is 209 g/mol. The fourth-order valence-electron chi connectivity index (χ4n) is 1.75. The van der Waals surface area contributed by atoms with E-state index in [-0.39, 0.29) is 11.6 Å². The Morgan fingerprint density at radius 1 is 1.13 bits per heavy atom. The maximum Gasteiger partial charge on any atom is 0.263 e. The third-order valence-corrected chi connectivity index (χ3v) is 2.56. The lowest BCUT2D eigenvalue weighted by atomic mass is 10.1. The number of rotatable bonds is 2. The van der Waals surface area contributed by atoms with Gasteiger partial charge in [0.1, 0.15) is 0 Å². The Kier molecular flexibility index (Phi) is 2.47. The van der Waals surface area contributed by atoms with Crippen LogP contribution >= 0.6 is 0 Å². The molecule has 0 amide bonds. The Balaban J connectivity index is 2.61. The first kappa shape index (κ1) is 10.1. The van der Waals surface area contributed by atoms with Gasteiger partial charge in [-0.15, -0.1) is 0 Å². The van der Waals surface area contributed by atoms with Gasteiger partial charge in [-0.1, -0.05) is 12.1 Å². The summed E-state index contributed by atoms with van der Waals surface area (Å²) in [5.41, 5.74) is 0.964. The van der Waals surface area contributed by atoms with Gasteiger partial charge in [-0.05, 0) is 31.4 Å². The summed E-state index contributed by atoms with van der Waals surface area (Å²) in [6, 6.07) is 7.04. The van der Waals surface area contributed by atoms with Crippen LogP contribution in [0.2, 0.25) is 0 Å². The summed E-state index contributed by atoms with van der Waals surface area (Å²) in [5.74, 6) is 0. The summed E-state index contributed by atoms with van der Waals surface area (Å²) >= 11 is 0. The van der Waals surface area contributed by atoms with Crippen LogP contribution in [0.4, 0.5) is 8.78 Å². The highest BCUT2D eigenvalue weighted by molar-refractivity contribution is 5.81. The standard InChI is InChI=1S/C12H13F2N/c1-8(2)15-6-5-9-3-4-10(12(13)14)7-11(9)15/h3-8,12H,1-2H3. The number of aromatic nitrogens is 1. The molecule has 0 aliphatic heterocycles. The molecule has 1 nitrogen and oxygen atoms in total. The Labute approximate surface area is 87.3 Å². The maximum absolute atomic E-state index is 12.5. The van der Waals surface area contributed by atoms with Crippen molar-refractivity contribution in [1.29, 1.82) is 0 Å². The second-order valence-corrected chi connectivity index (χ2v) is 3.94. The molecule has 15 heavy (non-hydrogen) atoms. The van der Waals surface area contributed by atoms with Crippen molar-refractivity contribution in [3.05, 3.63) is 36.0 Å². The van der Waals surface area contributed by atoms with Crippen LogP contribution < -0.4 is 0 Å². The van der Waals surface area contributed by atoms with Crippen molar-refractivity contribution in [2.45, 2.75) is 26.3 Å². The largest absolute Gasteiger partial charge is 0.345 e. The van der Waals surface area contributed by atoms with Crippen LogP contribution in [0, 0.1) is 0 Å². The highest BCUT2D eigenvalue weighted by Crippen LogP contribution is 2.26. The van der Waals surface area contributed by atoms with E-state index in [1.165, 1.54) is 6.07 Å². The normalized spacial score (nSPS) is 11.9. The SMILES string of the molecule is CC(C)n1ccc2ccc(C(F)F)cc21. The molecule has 0 spiro atoms. The lowest BCUT2D eigenvalue weighted by molar-refractivity contribution is 0.151. The van der Waals surface area contributed by atoms with Gasteiger partial charge >= 0.3 is 0 Å². The molecule has 0 radical (unpaired) electrons. The highest BCUT2D eigenvalue weighted by Gasteiger charge is 2.10. The number of halogens is 2. The molecular weight excluding hydrogens is 196 g/mol. The van der Waals surface area contributed by atoms with Gasteiger partial charge in [0.05, 0.1) is 0 Å². The fourth-order valence-corrected chi connectivity index (χ4v) is 1.75. The molecule has 0 aliphatic rings. The number of nitrogens with zero attached hydrogens (tertiary/aromatic N) is 1. The Morgan fingerprint density at radius 3 is 2.47 bits per heavy atom. The third-order valence-electron chi connectivity index (χ3n) is 2.56. The van der Waals surface area contributed by atoms with Gasteiger partial charge in [-0.2, -0.15) is 0 Å². The molecule has 0 atom stereocenters. The molecule has 0 fully saturated rings. The molecule has 2 aromatic rings. The van der Waals surface area contributed by atoms with Gasteiger partial charge in [0, 0.05) is 23.3 Å². The predicted molar refractivity (Wildman–Crippen MR) is 57.3 cm³/mol. The van der Waals surface area contributed by atoms with E-state index in [2.05, 4.69) is 0 Å². The second kappa shape index (κ2) is 3.65. The summed E-state index contributed by atoms with van der Waals surface area (Å²) in [4.78, 5) is 0. The third kappa shape index (κ3) is 1.74. The first-order chi connectivity index (χ1) is 7.09. The van der Waals surface area contributed by atoms with Gasteiger partial charge < -0.3 is 4.57 Å². The Morgan fingerprint density at radius 2 is 1.87 bits per heavy atom. The van der Waals surface area contributed by atoms with E-state index in [0.29, 0.717) is 0 Å². The van der Waals surface area contributed by atoms with Crippen LogP contribution in [0.5, 0.6) is 0 Å². The van der Waals surface area contributed by atoms with Gasteiger partial charge in [-0.25, -0.2) is 8.78 Å². The zero-order valence-electron chi connectivity index (χ0n) is 8.74. The lowest BCUT2D eigenvalue weighted by Crippen LogP contribution is -1.98. The van der Waals surface area contributed by atoms with E-state index < -0.39 is 6.43 Å². The first-order valence-electron chi connectivity index (χ1n) is 4.98. The average molecular weight is 209 g/mol. The summed E-state index contributed by atoms with van der Waals surface area (Å²) < 4.78 is 27.1. The number of fused-ring (bicyclic) bond motifs is 1. The van der Waals surface area contributed by atoms with E-state index in [4.69, 9.17) is 0 Å². The van der Waals surface area contributed by atoms with E-state index in [0.717, 1.165) is 10.9 Å². The molecule has 3 heteroatoms. The van der Waals surface area contributed by atoms with Crippen molar-refractivity contribution >= 4 is 10.9 Å². The van der Waals surface area contributed by atoms with Crippen molar-refractivity contribution in [1.82, 2.24) is 4.57 Å². The van der Waals surface area contributed by atoms with Crippen LogP contribution in [0.15, 0.2) is 30.5 Å². The van der Waals surface area contributed by atoms with Gasteiger partial charge in [0.25, 0.3) is 6.43 Å². The molecule has 1 heterocycles. The van der Waals surface area contributed by atoms with Crippen LogP contribution in [-0.4, -0.2) is 4.57 Å². The first-order valence-corrected chi connectivity index (χ1v) is 4.98. The summed E-state index contributed by atoms with van der Waals surface area (Å²) in [5, 5.41) is 1.01. The molecule has 0 N–H and O–H groups in total. The molecule has 0 aliphatic carbocycles. The van der Waals surface area contributed by atoms with E-state index in [9.17, 15) is 8.78 Å². The Hall–Kier alpha value is -1.38. The zero-order valence-corrected chi connectivity index (χ0v) is 8.74. The minimum Gasteiger partial charge on any atom is -0.345 e. The molecule has 0 unspecified atom stereocenters. The number of alkyl halides is 2. The minimum atomic E-state index is -2.40. The number of benzene rings is 1. The van der Waals surface area contributed by atoms with Crippen LogP contribution in [0.25, 0.3) is 10.9 Å². The molecule has 0 bridgehead atoms. The lowest BCUT2D eigenvalue weighted by Gasteiger charge is -2.10. The van der Waals surface area contributed by atoms with E-state index in [1.807, 2.05) is 30.7 Å². The van der Waals surface area contributed by atoms with Crippen molar-refractivity contribution < 1.29 is 8.78 Å². The second-order valence-electron chi connectivity index (χ2n) is 3.94. The van der Waals surface area contributed by atoms with Crippen LogP contribution in [0.3, 0.4) is 0 Å². The summed E-state index contributed by atoms with van der Waals surface area (Å²) in [6.45, 7) is 4.07. The molecule has 2 rings (SSSR count). The van der Waals surface area contributed by atoms with E-state index >= 15 is 0 Å². The van der Waals surface area contributed by atoms with Gasteiger partial charge in [-0.3, -0.25) is 0 Å². The quantitative estimate of drug-likeness (QED) is 0.699. The molecule has 0 saturated heterocycles. The van der Waals surface area contributed by atoms with Crippen molar-refractivity contribution in [3.63, 3.8) is 0 Å². The number of hydrogen-bond donors (Lipinski definition) is 0. The molecule has 0 saturated carbocycles. The maximum atomic E-state index is 12.5. The van der Waals surface area contributed by atoms with Crippen molar-refractivity contribution in [2.24, 2.45) is 0 Å². The fraction of sp³-hybridized carbons (Fsp3) is 0.333. The van der Waals surface area contributed by atoms with E-state index in [1.54, 1.807) is 12.1 Å². The van der Waals surface area contributed by atoms with Crippen LogP contribution in [0.1, 0.15) is 31.9 Å². The summed E-state index contributed by atoms with van der Waals surface area (Å²) in [7, 11) is 0. The molecule has 1 aromatic carbocycles. The predicted octanol–water partition coefficient (Wildman–Crippen LogP) is 4.16. The minimum absolute atomic E-state index is 0.0862. The smallest absolute Gasteiger partial charge is 0.263 e. The number of hydrogen-bond acceptors (Lipinski definition) is 0. The molecule has 1 aromatic heterocycles. The Bertz CT molecular complexity index is 471. The van der Waals surface area contributed by atoms with Crippen molar-refractivity contribution in [2.75, 3.05) is 0 Å². The summed E-state index contributed by atoms with van der Waals surface area (Å²) in [6.07, 6.45) is -0.463.